The Balaban J connectivity index is 1.57. The predicted molar refractivity (Wildman–Crippen MR) is 116 cm³/mol. The number of rotatable bonds is 4. The Morgan fingerprint density at radius 3 is 2.56 bits per heavy atom. The number of non-ortho nitro benzene ring substituents is 1. The summed E-state index contributed by atoms with van der Waals surface area (Å²) in [6, 6.07) is 21.2. The first-order valence-corrected chi connectivity index (χ1v) is 10.1. The smallest absolute Gasteiger partial charge is 0.337 e. The molecule has 0 N–H and O–H groups in total. The molecule has 2 unspecified atom stereocenters. The fourth-order valence-corrected chi connectivity index (χ4v) is 4.11. The number of nitrogens with zero attached hydrogens (tertiary/aromatic N) is 3. The van der Waals surface area contributed by atoms with E-state index in [-0.39, 0.29) is 11.7 Å². The summed E-state index contributed by atoms with van der Waals surface area (Å²) in [5.41, 5.74) is 3.88. The molecule has 0 aromatic heterocycles. The van der Waals surface area contributed by atoms with Gasteiger partial charge in [-0.25, -0.2) is 9.80 Å². The largest absolute Gasteiger partial charge is 0.465 e. The summed E-state index contributed by atoms with van der Waals surface area (Å²) < 4.78 is 11.0. The van der Waals surface area contributed by atoms with Crippen LogP contribution in [0.1, 0.15) is 45.7 Å². The molecule has 0 fully saturated rings. The first-order valence-electron chi connectivity index (χ1n) is 10.1. The second-order valence-electron chi connectivity index (χ2n) is 7.58. The van der Waals surface area contributed by atoms with Crippen LogP contribution in [0.4, 0.5) is 5.69 Å². The highest BCUT2D eigenvalue weighted by Crippen LogP contribution is 2.48. The number of nitro groups is 1. The Bertz CT molecular complexity index is 1220. The maximum atomic E-state index is 11.8. The van der Waals surface area contributed by atoms with E-state index in [1.807, 2.05) is 35.3 Å². The lowest BCUT2D eigenvalue weighted by Crippen LogP contribution is -2.33. The fraction of sp³-hybridized carbons (Fsp3) is 0.167. The highest BCUT2D eigenvalue weighted by molar-refractivity contribution is 6.02. The van der Waals surface area contributed by atoms with Crippen molar-refractivity contribution in [2.75, 3.05) is 7.11 Å². The molecule has 0 bridgehead atoms. The van der Waals surface area contributed by atoms with Gasteiger partial charge in [-0.05, 0) is 23.8 Å². The quantitative estimate of drug-likeness (QED) is 0.341. The third kappa shape index (κ3) is 3.35. The molecule has 3 aromatic rings. The Labute approximate surface area is 183 Å². The standard InChI is InChI=1S/C24H19N3O5/c1-31-24(28)17-9-7-16(8-10-17)23-26-21(14-20(25-26)15-5-3-2-4-6-15)19-13-18(27(29)30)11-12-22(19)32-23/h2-13,21,23H,14H2,1H3. The van der Waals surface area contributed by atoms with Crippen LogP contribution < -0.4 is 4.74 Å². The molecule has 2 aliphatic rings. The lowest BCUT2D eigenvalue weighted by atomic mass is 9.95. The minimum atomic E-state index is -0.540. The summed E-state index contributed by atoms with van der Waals surface area (Å²) in [4.78, 5) is 22.7. The number of hydrogen-bond donors (Lipinski definition) is 0. The molecule has 8 nitrogen and oxygen atoms in total. The van der Waals surface area contributed by atoms with Gasteiger partial charge in [-0.1, -0.05) is 42.5 Å². The van der Waals surface area contributed by atoms with Crippen LogP contribution in [0.3, 0.4) is 0 Å². The van der Waals surface area contributed by atoms with E-state index in [0.717, 1.165) is 22.4 Å². The Morgan fingerprint density at radius 1 is 1.12 bits per heavy atom. The van der Waals surface area contributed by atoms with E-state index >= 15 is 0 Å². The number of hydrazone groups is 1. The van der Waals surface area contributed by atoms with Gasteiger partial charge in [0.1, 0.15) is 5.75 Å². The van der Waals surface area contributed by atoms with E-state index in [0.29, 0.717) is 17.7 Å². The molecule has 3 aromatic carbocycles. The van der Waals surface area contributed by atoms with Crippen molar-refractivity contribution in [3.63, 3.8) is 0 Å². The second kappa shape index (κ2) is 7.81. The molecule has 2 atom stereocenters. The number of fused-ring (bicyclic) bond motifs is 3. The second-order valence-corrected chi connectivity index (χ2v) is 7.58. The van der Waals surface area contributed by atoms with Crippen molar-refractivity contribution in [3.05, 3.63) is 105 Å². The topological polar surface area (TPSA) is 94.3 Å². The SMILES string of the molecule is COC(=O)c1ccc(C2Oc3ccc([N+](=O)[O-])cc3C3CC(c4ccccc4)=NN32)cc1. The van der Waals surface area contributed by atoms with E-state index in [1.165, 1.54) is 13.2 Å². The van der Waals surface area contributed by atoms with Crippen molar-refractivity contribution in [1.82, 2.24) is 5.01 Å². The first-order chi connectivity index (χ1) is 15.5. The van der Waals surface area contributed by atoms with Gasteiger partial charge in [-0.2, -0.15) is 5.10 Å². The first kappa shape index (κ1) is 19.7. The van der Waals surface area contributed by atoms with Crippen LogP contribution in [0, 0.1) is 10.1 Å². The average Bonchev–Trinajstić information content (AvgIpc) is 3.29. The lowest BCUT2D eigenvalue weighted by molar-refractivity contribution is -0.385. The van der Waals surface area contributed by atoms with Crippen LogP contribution in [0.25, 0.3) is 0 Å². The molecule has 160 valence electrons. The minimum absolute atomic E-state index is 0.0151. The predicted octanol–water partition coefficient (Wildman–Crippen LogP) is 4.62. The molecule has 5 rings (SSSR count). The van der Waals surface area contributed by atoms with Crippen molar-refractivity contribution >= 4 is 17.4 Å². The van der Waals surface area contributed by atoms with Crippen LogP contribution >= 0.6 is 0 Å². The van der Waals surface area contributed by atoms with Crippen molar-refractivity contribution in [3.8, 4) is 5.75 Å². The monoisotopic (exact) mass is 429 g/mol. The Kier molecular flexibility index (Phi) is 4.82. The summed E-state index contributed by atoms with van der Waals surface area (Å²) in [7, 11) is 1.34. The Morgan fingerprint density at radius 2 is 1.88 bits per heavy atom. The lowest BCUT2D eigenvalue weighted by Gasteiger charge is -2.38. The summed E-state index contributed by atoms with van der Waals surface area (Å²) in [5.74, 6) is 0.172. The van der Waals surface area contributed by atoms with E-state index in [4.69, 9.17) is 14.6 Å². The van der Waals surface area contributed by atoms with Crippen molar-refractivity contribution < 1.29 is 19.2 Å². The molecule has 2 aliphatic heterocycles. The van der Waals surface area contributed by atoms with Gasteiger partial charge in [-0.15, -0.1) is 0 Å². The third-order valence-electron chi connectivity index (χ3n) is 5.71. The van der Waals surface area contributed by atoms with Gasteiger partial charge in [0.2, 0.25) is 6.23 Å². The van der Waals surface area contributed by atoms with E-state index in [9.17, 15) is 14.9 Å². The molecular formula is C24H19N3O5. The molecule has 0 aliphatic carbocycles. The van der Waals surface area contributed by atoms with Gasteiger partial charge in [-0.3, -0.25) is 10.1 Å². The third-order valence-corrected chi connectivity index (χ3v) is 5.71. The molecular weight excluding hydrogens is 410 g/mol. The molecule has 0 spiro atoms. The van der Waals surface area contributed by atoms with Gasteiger partial charge in [0.25, 0.3) is 5.69 Å². The molecule has 8 heteroatoms. The van der Waals surface area contributed by atoms with Gasteiger partial charge in [0, 0.05) is 29.7 Å². The van der Waals surface area contributed by atoms with Crippen molar-refractivity contribution in [2.45, 2.75) is 18.7 Å². The van der Waals surface area contributed by atoms with Gasteiger partial charge in [0.15, 0.2) is 0 Å². The fourth-order valence-electron chi connectivity index (χ4n) is 4.11. The number of benzene rings is 3. The van der Waals surface area contributed by atoms with Gasteiger partial charge in [0.05, 0.1) is 29.4 Å². The van der Waals surface area contributed by atoms with Crippen LogP contribution in [-0.4, -0.2) is 28.7 Å². The van der Waals surface area contributed by atoms with E-state index < -0.39 is 17.1 Å². The molecule has 0 radical (unpaired) electrons. The number of methoxy groups -OCH3 is 1. The normalized spacial score (nSPS) is 18.8. The number of nitro benzene ring substituents is 1. The number of esters is 1. The molecule has 32 heavy (non-hydrogen) atoms. The van der Waals surface area contributed by atoms with E-state index in [1.54, 1.807) is 36.4 Å². The molecule has 0 amide bonds. The number of hydrogen-bond acceptors (Lipinski definition) is 7. The van der Waals surface area contributed by atoms with Crippen LogP contribution in [0.2, 0.25) is 0 Å². The van der Waals surface area contributed by atoms with E-state index in [2.05, 4.69) is 0 Å². The van der Waals surface area contributed by atoms with Crippen LogP contribution in [-0.2, 0) is 4.74 Å². The molecule has 0 saturated heterocycles. The van der Waals surface area contributed by atoms with Crippen molar-refractivity contribution in [1.29, 1.82) is 0 Å². The molecule has 2 heterocycles. The zero-order chi connectivity index (χ0) is 22.2. The number of ether oxygens (including phenoxy) is 2. The zero-order valence-electron chi connectivity index (χ0n) is 17.2. The average molecular weight is 429 g/mol. The number of carbonyl (C=O) groups is 1. The number of carbonyl (C=O) groups excluding carboxylic acids is 1. The highest BCUT2D eigenvalue weighted by atomic mass is 16.6. The molecule has 0 saturated carbocycles. The zero-order valence-corrected chi connectivity index (χ0v) is 17.2. The highest BCUT2D eigenvalue weighted by Gasteiger charge is 2.41. The summed E-state index contributed by atoms with van der Waals surface area (Å²) in [6.45, 7) is 0. The minimum Gasteiger partial charge on any atom is -0.465 e. The van der Waals surface area contributed by atoms with Crippen molar-refractivity contribution in [2.24, 2.45) is 5.10 Å². The van der Waals surface area contributed by atoms with Gasteiger partial charge < -0.3 is 9.47 Å². The summed E-state index contributed by atoms with van der Waals surface area (Å²) in [5, 5.41) is 18.0. The maximum Gasteiger partial charge on any atom is 0.337 e. The van der Waals surface area contributed by atoms with Gasteiger partial charge >= 0.3 is 5.97 Å². The summed E-state index contributed by atoms with van der Waals surface area (Å²) in [6.07, 6.45) is 0.0556. The Hall–Kier alpha value is -4.20. The maximum absolute atomic E-state index is 11.8. The summed E-state index contributed by atoms with van der Waals surface area (Å²) >= 11 is 0. The van der Waals surface area contributed by atoms with Crippen LogP contribution in [0.5, 0.6) is 5.75 Å². The van der Waals surface area contributed by atoms with Crippen LogP contribution in [0.15, 0.2) is 77.9 Å².